The number of hydrogen-bond donors (Lipinski definition) is 0. The lowest BCUT2D eigenvalue weighted by atomic mass is 10.2. The average Bonchev–Trinajstić information content (AvgIpc) is 2.83. The Morgan fingerprint density at radius 2 is 0.950 bits per heavy atom. The van der Waals surface area contributed by atoms with Crippen molar-refractivity contribution in [2.24, 2.45) is 0 Å². The Morgan fingerprint density at radius 1 is 0.500 bits per heavy atom. The summed E-state index contributed by atoms with van der Waals surface area (Å²) < 4.78 is 0. The van der Waals surface area contributed by atoms with E-state index in [1.54, 1.807) is 0 Å². The third kappa shape index (κ3) is 1.87. The maximum atomic E-state index is 2.29. The molecule has 4 rings (SSSR count). The van der Waals surface area contributed by atoms with Gasteiger partial charge in [-0.2, -0.15) is 0 Å². The quantitative estimate of drug-likeness (QED) is 0.396. The third-order valence-electron chi connectivity index (χ3n) is 3.59. The zero-order valence-electron chi connectivity index (χ0n) is 11.0. The molecule has 0 saturated carbocycles. The Kier molecular flexibility index (Phi) is 3.38. The van der Waals surface area contributed by atoms with Gasteiger partial charge in [0.25, 0.3) is 0 Å². The van der Waals surface area contributed by atoms with Gasteiger partial charge in [-0.1, -0.05) is 86.4 Å². The summed E-state index contributed by atoms with van der Waals surface area (Å²) in [5.74, 6) is 0. The molecule has 0 N–H and O–H groups in total. The lowest BCUT2D eigenvalue weighted by Crippen LogP contribution is -1.65. The summed E-state index contributed by atoms with van der Waals surface area (Å²) in [6.07, 6.45) is 0. The number of benzene rings is 3. The van der Waals surface area contributed by atoms with Gasteiger partial charge in [0, 0.05) is 18.6 Å². The first-order valence-corrected chi connectivity index (χ1v) is 7.83. The van der Waals surface area contributed by atoms with Gasteiger partial charge in [0.05, 0.1) is 0 Å². The maximum Gasteiger partial charge on any atom is 0.00683 e. The van der Waals surface area contributed by atoms with Crippen molar-refractivity contribution < 1.29 is 0 Å². The van der Waals surface area contributed by atoms with Crippen molar-refractivity contribution in [3.63, 3.8) is 0 Å². The van der Waals surface area contributed by atoms with Crippen molar-refractivity contribution >= 4 is 37.0 Å². The molecule has 4 aromatic rings. The van der Waals surface area contributed by atoms with Crippen LogP contribution in [-0.2, 0) is 0 Å². The molecule has 0 atom stereocenters. The van der Waals surface area contributed by atoms with Gasteiger partial charge in [0.15, 0.2) is 0 Å². The van der Waals surface area contributed by atoms with Crippen molar-refractivity contribution in [2.45, 2.75) is 0 Å². The van der Waals surface area contributed by atoms with Crippen molar-refractivity contribution in [1.82, 2.24) is 0 Å². The molecule has 0 spiro atoms. The fourth-order valence-electron chi connectivity index (χ4n) is 2.78. The molecule has 0 fully saturated rings. The smallest absolute Gasteiger partial charge is 0.00683 e. The fourth-order valence-corrected chi connectivity index (χ4v) is 5.41. The lowest BCUT2D eigenvalue weighted by molar-refractivity contribution is 1.76. The Balaban J connectivity index is 0.00000121. The number of hydrogen-bond acceptors (Lipinski definition) is 0. The molecule has 0 unspecified atom stereocenters. The molecular weight excluding hydrogens is 258 g/mol. The van der Waals surface area contributed by atoms with Crippen LogP contribution in [0, 0.1) is 0 Å². The predicted molar refractivity (Wildman–Crippen MR) is 91.3 cm³/mol. The first kappa shape index (κ1) is 13.0. The van der Waals surface area contributed by atoms with E-state index in [-0.39, 0.29) is 15.9 Å². The Morgan fingerprint density at radius 3 is 1.50 bits per heavy atom. The van der Waals surface area contributed by atoms with Gasteiger partial charge < -0.3 is 0 Å². The highest BCUT2D eigenvalue weighted by Crippen LogP contribution is 2.54. The van der Waals surface area contributed by atoms with Gasteiger partial charge in [-0.05, 0) is 16.1 Å². The van der Waals surface area contributed by atoms with E-state index < -0.39 is 0 Å². The van der Waals surface area contributed by atoms with E-state index in [1.165, 1.54) is 26.3 Å². The molecule has 3 aromatic carbocycles. The Labute approximate surface area is 121 Å². The van der Waals surface area contributed by atoms with E-state index in [0.29, 0.717) is 0 Å². The zero-order valence-corrected chi connectivity index (χ0v) is 11.9. The topological polar surface area (TPSA) is 0 Å². The van der Waals surface area contributed by atoms with E-state index in [2.05, 4.69) is 78.9 Å². The molecule has 0 aliphatic carbocycles. The van der Waals surface area contributed by atoms with Gasteiger partial charge in [-0.15, -0.1) is 0 Å². The predicted octanol–water partition coefficient (Wildman–Crippen LogP) is 5.59. The molecule has 3 radical (unpaired) electrons. The molecule has 1 heterocycles. The highest BCUT2D eigenvalue weighted by molar-refractivity contribution is 7.67. The Hall–Kier alpha value is -1.98. The fraction of sp³-hybridized carbons (Fsp3) is 0. The van der Waals surface area contributed by atoms with Crippen LogP contribution >= 0.6 is 7.53 Å². The highest BCUT2D eigenvalue weighted by Gasteiger charge is 2.11. The molecule has 2 heteroatoms. The molecule has 0 aliphatic heterocycles. The molecule has 20 heavy (non-hydrogen) atoms. The SMILES string of the molecule is [B].c1ccc(-p2c3ccccc3c3ccccc32)cc1. The van der Waals surface area contributed by atoms with Gasteiger partial charge in [-0.25, -0.2) is 0 Å². The largest absolute Gasteiger partial charge is 0.0772 e. The van der Waals surface area contributed by atoms with E-state index in [1.807, 2.05) is 0 Å². The molecule has 0 bridgehead atoms. The van der Waals surface area contributed by atoms with Gasteiger partial charge in [0.1, 0.15) is 0 Å². The van der Waals surface area contributed by atoms with Crippen LogP contribution in [0.2, 0.25) is 0 Å². The first-order valence-electron chi connectivity index (χ1n) is 6.49. The van der Waals surface area contributed by atoms with Crippen molar-refractivity contribution in [3.05, 3.63) is 78.9 Å². The van der Waals surface area contributed by atoms with Crippen LogP contribution in [0.1, 0.15) is 0 Å². The first-order chi connectivity index (χ1) is 9.45. The van der Waals surface area contributed by atoms with Crippen LogP contribution in [-0.4, -0.2) is 8.41 Å². The minimum atomic E-state index is -0.372. The second kappa shape index (κ2) is 5.19. The normalized spacial score (nSPS) is 10.6. The number of fused-ring (bicyclic) bond motifs is 3. The second-order valence-corrected chi connectivity index (χ2v) is 6.86. The third-order valence-corrected chi connectivity index (χ3v) is 6.15. The molecule has 1 aromatic heterocycles. The summed E-state index contributed by atoms with van der Waals surface area (Å²) in [7, 11) is -0.372. The molecule has 0 saturated heterocycles. The second-order valence-electron chi connectivity index (χ2n) is 4.71. The van der Waals surface area contributed by atoms with E-state index in [9.17, 15) is 0 Å². The van der Waals surface area contributed by atoms with Crippen LogP contribution in [0.4, 0.5) is 0 Å². The summed E-state index contributed by atoms with van der Waals surface area (Å²) in [6.45, 7) is 0. The van der Waals surface area contributed by atoms with Gasteiger partial charge >= 0.3 is 0 Å². The molecule has 0 aliphatic rings. The van der Waals surface area contributed by atoms with Crippen LogP contribution in [0.25, 0.3) is 26.3 Å². The van der Waals surface area contributed by atoms with E-state index in [4.69, 9.17) is 0 Å². The minimum Gasteiger partial charge on any atom is -0.0772 e. The zero-order chi connectivity index (χ0) is 12.7. The van der Waals surface area contributed by atoms with Crippen LogP contribution in [0.5, 0.6) is 0 Å². The van der Waals surface area contributed by atoms with E-state index in [0.717, 1.165) is 0 Å². The summed E-state index contributed by atoms with van der Waals surface area (Å²) in [5, 5.41) is 7.24. The molecule has 0 nitrogen and oxygen atoms in total. The molecule has 93 valence electrons. The minimum absolute atomic E-state index is 0. The monoisotopic (exact) mass is 271 g/mol. The van der Waals surface area contributed by atoms with Crippen molar-refractivity contribution in [2.75, 3.05) is 0 Å². The van der Waals surface area contributed by atoms with Gasteiger partial charge in [-0.3, -0.25) is 0 Å². The molecule has 0 amide bonds. The van der Waals surface area contributed by atoms with Gasteiger partial charge in [0.2, 0.25) is 0 Å². The van der Waals surface area contributed by atoms with E-state index >= 15 is 0 Å². The average molecular weight is 271 g/mol. The van der Waals surface area contributed by atoms with Crippen molar-refractivity contribution in [3.8, 4) is 5.30 Å². The van der Waals surface area contributed by atoms with Crippen molar-refractivity contribution in [1.29, 1.82) is 0 Å². The highest BCUT2D eigenvalue weighted by atomic mass is 31.1. The molecular formula is C18H13BP. The maximum absolute atomic E-state index is 2.29. The van der Waals surface area contributed by atoms with Crippen LogP contribution < -0.4 is 0 Å². The van der Waals surface area contributed by atoms with Crippen LogP contribution in [0.3, 0.4) is 0 Å². The summed E-state index contributed by atoms with van der Waals surface area (Å²) >= 11 is 0. The Bertz CT molecular complexity index is 809. The number of rotatable bonds is 1. The van der Waals surface area contributed by atoms with Crippen LogP contribution in [0.15, 0.2) is 78.9 Å². The summed E-state index contributed by atoms with van der Waals surface area (Å²) in [4.78, 5) is 0. The standard InChI is InChI=1S/C18H13P.B/c1-2-8-14(9-3-1)19-17-12-6-4-10-15(17)16-11-5-7-13-18(16)19;/h1-13H;. The lowest BCUT2D eigenvalue weighted by Gasteiger charge is -2.02. The summed E-state index contributed by atoms with van der Waals surface area (Å²) in [5.41, 5.74) is 0. The summed E-state index contributed by atoms with van der Waals surface area (Å²) in [6, 6.07) is 28.5.